The number of H-pyrrole nitrogens is 1. The van der Waals surface area contributed by atoms with Crippen molar-refractivity contribution in [3.8, 4) is 0 Å². The van der Waals surface area contributed by atoms with Gasteiger partial charge in [-0.2, -0.15) is 0 Å². The predicted octanol–water partition coefficient (Wildman–Crippen LogP) is 3.25. The molecule has 0 fully saturated rings. The summed E-state index contributed by atoms with van der Waals surface area (Å²) in [6, 6.07) is 15.9. The third-order valence-electron chi connectivity index (χ3n) is 2.47. The molecule has 5 heteroatoms. The van der Waals surface area contributed by atoms with Gasteiger partial charge in [0.25, 0.3) is 0 Å². The largest absolute Gasteiger partial charge is 0.258 e. The van der Waals surface area contributed by atoms with Gasteiger partial charge in [0.2, 0.25) is 0 Å². The van der Waals surface area contributed by atoms with Gasteiger partial charge in [-0.05, 0) is 24.3 Å². The van der Waals surface area contributed by atoms with Gasteiger partial charge in [-0.15, -0.1) is 16.4 Å². The Labute approximate surface area is 107 Å². The smallest absolute Gasteiger partial charge is 0.112 e. The maximum Gasteiger partial charge on any atom is 0.112 e. The van der Waals surface area contributed by atoms with Gasteiger partial charge in [0, 0.05) is 0 Å². The van der Waals surface area contributed by atoms with Crippen LogP contribution in [-0.4, -0.2) is 20.4 Å². The van der Waals surface area contributed by atoms with Gasteiger partial charge in [-0.3, -0.25) is 5.10 Å². The van der Waals surface area contributed by atoms with Crippen molar-refractivity contribution in [1.29, 1.82) is 0 Å². The van der Waals surface area contributed by atoms with Gasteiger partial charge >= 0.3 is 0 Å². The van der Waals surface area contributed by atoms with E-state index in [1.165, 1.54) is 4.70 Å². The van der Waals surface area contributed by atoms with Crippen LogP contribution in [0.3, 0.4) is 0 Å². The summed E-state index contributed by atoms with van der Waals surface area (Å²) >= 11 is 1.68. The summed E-state index contributed by atoms with van der Waals surface area (Å²) in [6.45, 7) is 0. The van der Waals surface area contributed by atoms with Crippen molar-refractivity contribution in [2.45, 2.75) is 0 Å². The molecule has 0 saturated carbocycles. The highest BCUT2D eigenvalue weighted by Gasteiger charge is 1.90. The molecule has 0 atom stereocenters. The number of rotatable bonds is 0. The molecule has 0 aliphatic rings. The lowest BCUT2D eigenvalue weighted by molar-refractivity contribution is 0.959. The van der Waals surface area contributed by atoms with Crippen LogP contribution in [0.1, 0.15) is 0 Å². The molecule has 1 N–H and O–H groups in total. The molecule has 88 valence electrons. The van der Waals surface area contributed by atoms with Crippen LogP contribution in [0.2, 0.25) is 0 Å². The number of benzene rings is 2. The average molecular weight is 254 g/mol. The molecule has 2 aromatic carbocycles. The van der Waals surface area contributed by atoms with Crippen LogP contribution in [-0.2, 0) is 0 Å². The number of hydrogen-bond acceptors (Lipinski definition) is 4. The topological polar surface area (TPSA) is 54.5 Å². The lowest BCUT2D eigenvalue weighted by atomic mass is 10.3. The molecule has 2 heterocycles. The van der Waals surface area contributed by atoms with Gasteiger partial charge in [0.15, 0.2) is 0 Å². The zero-order valence-electron chi connectivity index (χ0n) is 9.45. The quantitative estimate of drug-likeness (QED) is 0.524. The molecule has 0 radical (unpaired) electrons. The Balaban J connectivity index is 0.000000111. The van der Waals surface area contributed by atoms with E-state index in [0.29, 0.717) is 0 Å². The van der Waals surface area contributed by atoms with Crippen LogP contribution >= 0.6 is 11.3 Å². The first-order valence-electron chi connectivity index (χ1n) is 5.47. The second-order valence-corrected chi connectivity index (χ2v) is 4.54. The van der Waals surface area contributed by atoms with Crippen molar-refractivity contribution in [3.63, 3.8) is 0 Å². The van der Waals surface area contributed by atoms with E-state index < -0.39 is 0 Å². The van der Waals surface area contributed by atoms with Crippen LogP contribution < -0.4 is 0 Å². The number of para-hydroxylation sites is 2. The average Bonchev–Trinajstić information content (AvgIpc) is 3.08. The van der Waals surface area contributed by atoms with E-state index in [4.69, 9.17) is 0 Å². The Kier molecular flexibility index (Phi) is 2.97. The molecule has 0 aliphatic carbocycles. The first kappa shape index (κ1) is 10.9. The van der Waals surface area contributed by atoms with E-state index in [1.807, 2.05) is 48.0 Å². The first-order valence-corrected chi connectivity index (χ1v) is 6.35. The first-order chi connectivity index (χ1) is 8.93. The van der Waals surface area contributed by atoms with Crippen molar-refractivity contribution in [1.82, 2.24) is 20.4 Å². The van der Waals surface area contributed by atoms with Crippen molar-refractivity contribution in [2.24, 2.45) is 0 Å². The van der Waals surface area contributed by atoms with Gasteiger partial charge in [0.1, 0.15) is 5.52 Å². The lowest BCUT2D eigenvalue weighted by Gasteiger charge is -1.80. The number of aromatic amines is 1. The Bertz CT molecular complexity index is 633. The predicted molar refractivity (Wildman–Crippen MR) is 73.5 cm³/mol. The van der Waals surface area contributed by atoms with Gasteiger partial charge < -0.3 is 0 Å². The maximum atomic E-state index is 4.14. The van der Waals surface area contributed by atoms with Crippen molar-refractivity contribution >= 4 is 32.6 Å². The molecule has 4 aromatic rings. The summed E-state index contributed by atoms with van der Waals surface area (Å²) in [5.41, 5.74) is 4.86. The van der Waals surface area contributed by atoms with Crippen molar-refractivity contribution in [3.05, 3.63) is 54.0 Å². The number of fused-ring (bicyclic) bond motifs is 2. The molecule has 0 spiro atoms. The second kappa shape index (κ2) is 4.93. The van der Waals surface area contributed by atoms with Crippen LogP contribution in [0.15, 0.2) is 54.0 Å². The molecule has 18 heavy (non-hydrogen) atoms. The van der Waals surface area contributed by atoms with E-state index in [-0.39, 0.29) is 0 Å². The number of hydrogen-bond donors (Lipinski definition) is 1. The van der Waals surface area contributed by atoms with Gasteiger partial charge in [-0.25, -0.2) is 4.98 Å². The van der Waals surface area contributed by atoms with Crippen LogP contribution in [0.5, 0.6) is 0 Å². The zero-order chi connectivity index (χ0) is 12.2. The molecule has 0 bridgehead atoms. The fraction of sp³-hybridized carbons (Fsp3) is 0. The summed E-state index contributed by atoms with van der Waals surface area (Å²) in [6.07, 6.45) is 0. The van der Waals surface area contributed by atoms with E-state index in [0.717, 1.165) is 16.6 Å². The second-order valence-electron chi connectivity index (χ2n) is 3.65. The standard InChI is InChI=1S/C7H5NS.C6H5N3/c1-2-4-7-6(3-1)8-5-9-7;1-2-4-6-5(3-1)7-9-8-6/h1-5H;1-4H,(H,7,8,9). The Morgan fingerprint density at radius 1 is 0.889 bits per heavy atom. The Hall–Kier alpha value is -2.27. The van der Waals surface area contributed by atoms with E-state index in [1.54, 1.807) is 11.3 Å². The van der Waals surface area contributed by atoms with Crippen LogP contribution in [0, 0.1) is 0 Å². The van der Waals surface area contributed by atoms with Crippen molar-refractivity contribution in [2.75, 3.05) is 0 Å². The summed E-state index contributed by atoms with van der Waals surface area (Å²) in [5, 5.41) is 10.2. The molecular formula is C13H10N4S. The Morgan fingerprint density at radius 2 is 1.67 bits per heavy atom. The highest BCUT2D eigenvalue weighted by Crippen LogP contribution is 2.15. The molecule has 0 aliphatic heterocycles. The van der Waals surface area contributed by atoms with Gasteiger partial charge in [-0.1, -0.05) is 29.5 Å². The SMILES string of the molecule is c1ccc2[nH]nnc2c1.c1ccc2scnc2c1. The highest BCUT2D eigenvalue weighted by molar-refractivity contribution is 7.16. The number of aromatic nitrogens is 4. The summed E-state index contributed by atoms with van der Waals surface area (Å²) < 4.78 is 1.26. The molecule has 0 saturated heterocycles. The molecule has 2 aromatic heterocycles. The molecule has 4 nitrogen and oxygen atoms in total. The number of nitrogens with one attached hydrogen (secondary N) is 1. The van der Waals surface area contributed by atoms with Crippen LogP contribution in [0.4, 0.5) is 0 Å². The maximum absolute atomic E-state index is 4.14. The number of nitrogens with zero attached hydrogens (tertiary/aromatic N) is 3. The minimum atomic E-state index is 0.914. The van der Waals surface area contributed by atoms with Crippen LogP contribution in [0.25, 0.3) is 21.3 Å². The monoisotopic (exact) mass is 254 g/mol. The minimum absolute atomic E-state index is 0.914. The molecule has 0 unspecified atom stereocenters. The fourth-order valence-corrected chi connectivity index (χ4v) is 2.27. The normalized spacial score (nSPS) is 10.2. The summed E-state index contributed by atoms with van der Waals surface area (Å²) in [7, 11) is 0. The third kappa shape index (κ3) is 2.21. The third-order valence-corrected chi connectivity index (χ3v) is 3.28. The Morgan fingerprint density at radius 3 is 2.50 bits per heavy atom. The molecular weight excluding hydrogens is 244 g/mol. The van der Waals surface area contributed by atoms with Crippen molar-refractivity contribution < 1.29 is 0 Å². The van der Waals surface area contributed by atoms with E-state index in [9.17, 15) is 0 Å². The lowest BCUT2D eigenvalue weighted by Crippen LogP contribution is -1.63. The minimum Gasteiger partial charge on any atom is -0.258 e. The molecule has 4 rings (SSSR count). The summed E-state index contributed by atoms with van der Waals surface area (Å²) in [4.78, 5) is 4.14. The fourth-order valence-electron chi connectivity index (χ4n) is 1.59. The summed E-state index contributed by atoms with van der Waals surface area (Å²) in [5.74, 6) is 0. The van der Waals surface area contributed by atoms with E-state index in [2.05, 4.69) is 26.5 Å². The van der Waals surface area contributed by atoms with Gasteiger partial charge in [0.05, 0.1) is 21.2 Å². The zero-order valence-corrected chi connectivity index (χ0v) is 10.3. The number of thiazole rings is 1. The highest BCUT2D eigenvalue weighted by atomic mass is 32.1. The van der Waals surface area contributed by atoms with E-state index >= 15 is 0 Å². The molecule has 0 amide bonds.